The van der Waals surface area contributed by atoms with Gasteiger partial charge in [0.1, 0.15) is 0 Å². The summed E-state index contributed by atoms with van der Waals surface area (Å²) in [6, 6.07) is 0. The molecule has 0 N–H and O–H groups in total. The van der Waals surface area contributed by atoms with Crippen molar-refractivity contribution in [3.63, 3.8) is 0 Å². The molecule has 3 nitrogen and oxygen atoms in total. The van der Waals surface area contributed by atoms with Crippen LogP contribution in [0.2, 0.25) is 0 Å². The molecule has 0 spiro atoms. The molecule has 0 atom stereocenters. The molecule has 0 amide bonds. The summed E-state index contributed by atoms with van der Waals surface area (Å²) < 4.78 is 9.84. The minimum Gasteiger partial charge on any atom is -0.811 e. The third-order valence-electron chi connectivity index (χ3n) is 0.566. The van der Waals surface area contributed by atoms with Gasteiger partial charge >= 0.3 is 59.1 Å². The zero-order valence-electron chi connectivity index (χ0n) is 6.17. The normalized spacial score (nSPS) is 9.50. The first-order valence-corrected chi connectivity index (χ1v) is 4.98. The van der Waals surface area contributed by atoms with Gasteiger partial charge in [0.2, 0.25) is 0 Å². The molecule has 0 aromatic carbocycles. The molecule has 7 heteroatoms. The fraction of sp³-hybridized carbons (Fsp3) is 1.00. The average Bonchev–Trinajstić information content (AvgIpc) is 1.59. The number of halogens is 1. The number of alkyl halides is 1. The summed E-state index contributed by atoms with van der Waals surface area (Å²) in [6.07, 6.45) is 0.169. The summed E-state index contributed by atoms with van der Waals surface area (Å²) in [4.78, 5) is 19.7. The zero-order valence-corrected chi connectivity index (χ0v) is 12.7. The molecule has 0 aromatic rings. The Morgan fingerprint density at radius 1 is 1.30 bits per heavy atom. The maximum atomic E-state index is 9.84. The summed E-state index contributed by atoms with van der Waals surface area (Å²) in [5.74, 6) is 0. The van der Waals surface area contributed by atoms with Crippen molar-refractivity contribution in [2.75, 3.05) is 11.5 Å². The van der Waals surface area contributed by atoms with Crippen molar-refractivity contribution in [2.45, 2.75) is 6.42 Å². The summed E-state index contributed by atoms with van der Waals surface area (Å²) in [5, 5.41) is 0.571. The maximum absolute atomic E-state index is 9.84. The van der Waals surface area contributed by atoms with Gasteiger partial charge in [-0.05, 0) is 12.6 Å². The minimum absolute atomic E-state index is 0. The van der Waals surface area contributed by atoms with Crippen LogP contribution in [0.4, 0.5) is 0 Å². The van der Waals surface area contributed by atoms with Gasteiger partial charge in [-0.1, -0.05) is 23.5 Å². The Hall–Kier alpha value is 2.63. The van der Waals surface area contributed by atoms with Crippen LogP contribution in [-0.2, 0) is 4.57 Å². The van der Waals surface area contributed by atoms with Gasteiger partial charge in [0.15, 0.2) is 0 Å². The van der Waals surface area contributed by atoms with Gasteiger partial charge in [0, 0.05) is 5.33 Å². The Balaban J connectivity index is -0.000000245. The van der Waals surface area contributed by atoms with Crippen LogP contribution in [0.3, 0.4) is 0 Å². The van der Waals surface area contributed by atoms with E-state index in [2.05, 4.69) is 15.9 Å². The molecular weight excluding hydrogens is 241 g/mol. The standard InChI is InChI=1S/C3H8BrO3P.2Na/c4-2-1-3-8(5,6)7;;/h1-3H2,(H2,5,6,7);;/q;2*+1/p-2. The largest absolute Gasteiger partial charge is 1.00 e. The Labute approximate surface area is 113 Å². The third-order valence-corrected chi connectivity index (χ3v) is 1.99. The SMILES string of the molecule is O=P([O-])([O-])CCCBr.[Na+].[Na+]. The molecule has 0 saturated heterocycles. The fourth-order valence-electron chi connectivity index (χ4n) is 0.253. The van der Waals surface area contributed by atoms with Crippen LogP contribution in [0.25, 0.3) is 0 Å². The monoisotopic (exact) mass is 246 g/mol. The van der Waals surface area contributed by atoms with E-state index in [0.717, 1.165) is 0 Å². The van der Waals surface area contributed by atoms with E-state index in [0.29, 0.717) is 11.8 Å². The topological polar surface area (TPSA) is 63.2 Å². The number of hydrogen-bond donors (Lipinski definition) is 0. The molecule has 0 aliphatic rings. The van der Waals surface area contributed by atoms with Gasteiger partial charge in [0.25, 0.3) is 0 Å². The van der Waals surface area contributed by atoms with Crippen LogP contribution in [0.5, 0.6) is 0 Å². The van der Waals surface area contributed by atoms with Crippen molar-refractivity contribution in [1.82, 2.24) is 0 Å². The van der Waals surface area contributed by atoms with E-state index in [4.69, 9.17) is 0 Å². The van der Waals surface area contributed by atoms with Crippen LogP contribution >= 0.6 is 23.5 Å². The summed E-state index contributed by atoms with van der Waals surface area (Å²) in [5.41, 5.74) is 0. The van der Waals surface area contributed by atoms with Gasteiger partial charge < -0.3 is 14.4 Å². The fourth-order valence-corrected chi connectivity index (χ4v) is 1.51. The van der Waals surface area contributed by atoms with Gasteiger partial charge in [-0.15, -0.1) is 0 Å². The Kier molecular flexibility index (Phi) is 17.9. The van der Waals surface area contributed by atoms with E-state index in [9.17, 15) is 14.4 Å². The second-order valence-electron chi connectivity index (χ2n) is 1.38. The summed E-state index contributed by atoms with van der Waals surface area (Å²) in [6.45, 7) is 0. The zero-order chi connectivity index (χ0) is 6.62. The molecule has 0 bridgehead atoms. The summed E-state index contributed by atoms with van der Waals surface area (Å²) in [7, 11) is -4.21. The van der Waals surface area contributed by atoms with Gasteiger partial charge in [0.05, 0.1) is 0 Å². The molecule has 0 aromatic heterocycles. The molecule has 0 rings (SSSR count). The predicted octanol–water partition coefficient (Wildman–Crippen LogP) is -6.31. The van der Waals surface area contributed by atoms with Gasteiger partial charge in [-0.2, -0.15) is 0 Å². The molecule has 0 radical (unpaired) electrons. The van der Waals surface area contributed by atoms with E-state index < -0.39 is 7.60 Å². The smallest absolute Gasteiger partial charge is 0.811 e. The van der Waals surface area contributed by atoms with Crippen molar-refractivity contribution in [1.29, 1.82) is 0 Å². The molecule has 50 valence electrons. The second-order valence-corrected chi connectivity index (χ2v) is 3.84. The predicted molar refractivity (Wildman–Crippen MR) is 30.9 cm³/mol. The summed E-state index contributed by atoms with van der Waals surface area (Å²) >= 11 is 3.00. The van der Waals surface area contributed by atoms with Crippen LogP contribution in [-0.4, -0.2) is 11.5 Å². The van der Waals surface area contributed by atoms with E-state index in [1.54, 1.807) is 0 Å². The first-order chi connectivity index (χ1) is 3.56. The molecule has 0 saturated carbocycles. The number of hydrogen-bond acceptors (Lipinski definition) is 3. The molecule has 0 fully saturated rings. The maximum Gasteiger partial charge on any atom is 1.00 e. The number of rotatable bonds is 3. The van der Waals surface area contributed by atoms with E-state index >= 15 is 0 Å². The Morgan fingerprint density at radius 3 is 1.80 bits per heavy atom. The van der Waals surface area contributed by atoms with Gasteiger partial charge in [-0.3, -0.25) is 0 Å². The van der Waals surface area contributed by atoms with Crippen molar-refractivity contribution < 1.29 is 73.5 Å². The van der Waals surface area contributed by atoms with Crippen LogP contribution in [0, 0.1) is 0 Å². The quantitative estimate of drug-likeness (QED) is 0.283. The van der Waals surface area contributed by atoms with Gasteiger partial charge in [-0.25, -0.2) is 0 Å². The van der Waals surface area contributed by atoms with E-state index in [1.807, 2.05) is 0 Å². The van der Waals surface area contributed by atoms with Crippen molar-refractivity contribution in [3.8, 4) is 0 Å². The molecule has 0 aliphatic carbocycles. The van der Waals surface area contributed by atoms with Crippen molar-refractivity contribution in [2.24, 2.45) is 0 Å². The van der Waals surface area contributed by atoms with E-state index in [1.165, 1.54) is 0 Å². The molecule has 10 heavy (non-hydrogen) atoms. The Bertz CT molecular complexity index is 106. The van der Waals surface area contributed by atoms with Crippen LogP contribution in [0.1, 0.15) is 6.42 Å². The Morgan fingerprint density at radius 2 is 1.70 bits per heavy atom. The van der Waals surface area contributed by atoms with Crippen LogP contribution in [0.15, 0.2) is 0 Å². The van der Waals surface area contributed by atoms with Crippen molar-refractivity contribution >= 4 is 23.5 Å². The first kappa shape index (κ1) is 18.4. The molecule has 0 unspecified atom stereocenters. The first-order valence-electron chi connectivity index (χ1n) is 2.13. The minimum atomic E-state index is -4.21. The second kappa shape index (κ2) is 9.72. The molecule has 0 aliphatic heterocycles. The molecular formula is C3H6BrNa2O3P. The molecule has 0 heterocycles. The van der Waals surface area contributed by atoms with Crippen LogP contribution < -0.4 is 68.9 Å². The van der Waals surface area contributed by atoms with Crippen molar-refractivity contribution in [3.05, 3.63) is 0 Å². The van der Waals surface area contributed by atoms with E-state index in [-0.39, 0.29) is 65.3 Å². The third kappa shape index (κ3) is 16.9. The average molecular weight is 247 g/mol.